The van der Waals surface area contributed by atoms with Gasteiger partial charge in [-0.3, -0.25) is 0 Å². The maximum atomic E-state index is 13.7. The zero-order chi connectivity index (χ0) is 15.3. The Balaban J connectivity index is 2.00. The molecule has 0 radical (unpaired) electrons. The van der Waals surface area contributed by atoms with E-state index in [4.69, 9.17) is 4.74 Å². The highest BCUT2D eigenvalue weighted by Crippen LogP contribution is 2.37. The standard InChI is InChI=1S/C18H28FNO/c1-4-12-20-17-16(10-7-11-18(17,2)3)21-13-14-8-5-6-9-15(14)19/h5-6,8-9,16-17,20H,4,7,10-13H2,1-3H3. The molecule has 0 spiro atoms. The molecule has 0 aromatic heterocycles. The number of ether oxygens (including phenoxy) is 1. The van der Waals surface area contributed by atoms with Crippen molar-refractivity contribution < 1.29 is 9.13 Å². The number of halogens is 1. The third kappa shape index (κ3) is 4.27. The van der Waals surface area contributed by atoms with Crippen molar-refractivity contribution in [2.75, 3.05) is 6.54 Å². The van der Waals surface area contributed by atoms with Gasteiger partial charge in [0, 0.05) is 11.6 Å². The molecular weight excluding hydrogens is 265 g/mol. The summed E-state index contributed by atoms with van der Waals surface area (Å²) in [6.45, 7) is 8.15. The maximum Gasteiger partial charge on any atom is 0.128 e. The molecule has 2 nitrogen and oxygen atoms in total. The first-order chi connectivity index (χ1) is 10.0. The third-order valence-electron chi connectivity index (χ3n) is 4.55. The third-order valence-corrected chi connectivity index (χ3v) is 4.55. The number of hydrogen-bond donors (Lipinski definition) is 1. The van der Waals surface area contributed by atoms with E-state index < -0.39 is 0 Å². The van der Waals surface area contributed by atoms with Crippen LogP contribution in [-0.2, 0) is 11.3 Å². The van der Waals surface area contributed by atoms with Gasteiger partial charge in [-0.1, -0.05) is 45.4 Å². The fourth-order valence-corrected chi connectivity index (χ4v) is 3.28. The molecule has 0 heterocycles. The summed E-state index contributed by atoms with van der Waals surface area (Å²) in [6, 6.07) is 7.22. The van der Waals surface area contributed by atoms with E-state index in [1.165, 1.54) is 18.9 Å². The molecule has 1 aromatic carbocycles. The molecule has 2 atom stereocenters. The van der Waals surface area contributed by atoms with Crippen LogP contribution in [0.5, 0.6) is 0 Å². The molecule has 0 amide bonds. The van der Waals surface area contributed by atoms with Gasteiger partial charge in [0.2, 0.25) is 0 Å². The number of rotatable bonds is 6. The molecule has 1 aliphatic rings. The van der Waals surface area contributed by atoms with Crippen LogP contribution >= 0.6 is 0 Å². The summed E-state index contributed by atoms with van der Waals surface area (Å²) in [5, 5.41) is 3.64. The second kappa shape index (κ2) is 7.37. The molecule has 2 unspecified atom stereocenters. The average molecular weight is 293 g/mol. The Kier molecular flexibility index (Phi) is 5.77. The predicted octanol–water partition coefficient (Wildman–Crippen LogP) is 4.29. The first-order valence-electron chi connectivity index (χ1n) is 8.13. The monoisotopic (exact) mass is 293 g/mol. The van der Waals surface area contributed by atoms with Gasteiger partial charge in [-0.25, -0.2) is 4.39 Å². The van der Waals surface area contributed by atoms with E-state index in [9.17, 15) is 4.39 Å². The molecule has 21 heavy (non-hydrogen) atoms. The lowest BCUT2D eigenvalue weighted by Crippen LogP contribution is -2.53. The molecule has 118 valence electrons. The van der Waals surface area contributed by atoms with Crippen LogP contribution in [0.15, 0.2) is 24.3 Å². The Bertz CT molecular complexity index is 447. The van der Waals surface area contributed by atoms with Crippen molar-refractivity contribution in [3.05, 3.63) is 35.6 Å². The van der Waals surface area contributed by atoms with Crippen molar-refractivity contribution in [2.24, 2.45) is 5.41 Å². The van der Waals surface area contributed by atoms with Crippen LogP contribution in [-0.4, -0.2) is 18.7 Å². The lowest BCUT2D eigenvalue weighted by molar-refractivity contribution is -0.0462. The first kappa shape index (κ1) is 16.4. The van der Waals surface area contributed by atoms with Gasteiger partial charge in [0.05, 0.1) is 12.7 Å². The summed E-state index contributed by atoms with van der Waals surface area (Å²) in [5.74, 6) is -0.175. The van der Waals surface area contributed by atoms with E-state index in [1.807, 2.05) is 6.07 Å². The van der Waals surface area contributed by atoms with Crippen molar-refractivity contribution in [1.29, 1.82) is 0 Å². The quantitative estimate of drug-likeness (QED) is 0.845. The molecule has 1 fully saturated rings. The number of benzene rings is 1. The van der Waals surface area contributed by atoms with Crippen LogP contribution in [0.3, 0.4) is 0 Å². The van der Waals surface area contributed by atoms with Crippen LogP contribution in [0.4, 0.5) is 4.39 Å². The molecule has 1 aromatic rings. The Morgan fingerprint density at radius 3 is 2.81 bits per heavy atom. The van der Waals surface area contributed by atoms with Crippen molar-refractivity contribution in [2.45, 2.75) is 65.2 Å². The SMILES string of the molecule is CCCNC1C(OCc2ccccc2F)CCCC1(C)C. The molecule has 1 N–H and O–H groups in total. The lowest BCUT2D eigenvalue weighted by Gasteiger charge is -2.44. The van der Waals surface area contributed by atoms with Gasteiger partial charge in [0.25, 0.3) is 0 Å². The topological polar surface area (TPSA) is 21.3 Å². The van der Waals surface area contributed by atoms with Crippen LogP contribution in [0.1, 0.15) is 52.0 Å². The Morgan fingerprint density at radius 1 is 1.33 bits per heavy atom. The maximum absolute atomic E-state index is 13.7. The molecule has 2 rings (SSSR count). The van der Waals surface area contributed by atoms with E-state index in [-0.39, 0.29) is 17.3 Å². The highest BCUT2D eigenvalue weighted by Gasteiger charge is 2.39. The summed E-state index contributed by atoms with van der Waals surface area (Å²) in [6.07, 6.45) is 4.74. The summed E-state index contributed by atoms with van der Waals surface area (Å²) in [4.78, 5) is 0. The van der Waals surface area contributed by atoms with Crippen LogP contribution in [0.25, 0.3) is 0 Å². The smallest absolute Gasteiger partial charge is 0.128 e. The van der Waals surface area contributed by atoms with Gasteiger partial charge in [0.1, 0.15) is 5.82 Å². The second-order valence-electron chi connectivity index (χ2n) is 6.75. The van der Waals surface area contributed by atoms with Gasteiger partial charge >= 0.3 is 0 Å². The normalized spacial score (nSPS) is 25.0. The largest absolute Gasteiger partial charge is 0.372 e. The Labute approximate surface area is 128 Å². The van der Waals surface area contributed by atoms with Gasteiger partial charge in [-0.2, -0.15) is 0 Å². The van der Waals surface area contributed by atoms with Crippen molar-refractivity contribution >= 4 is 0 Å². The van der Waals surface area contributed by atoms with Crippen LogP contribution in [0, 0.1) is 11.2 Å². The van der Waals surface area contributed by atoms with E-state index in [0.717, 1.165) is 19.4 Å². The molecule has 3 heteroatoms. The molecule has 0 aliphatic heterocycles. The van der Waals surface area contributed by atoms with E-state index in [1.54, 1.807) is 12.1 Å². The molecule has 0 bridgehead atoms. The number of hydrogen-bond acceptors (Lipinski definition) is 2. The highest BCUT2D eigenvalue weighted by atomic mass is 19.1. The second-order valence-corrected chi connectivity index (χ2v) is 6.75. The molecule has 1 saturated carbocycles. The van der Waals surface area contributed by atoms with Gasteiger partial charge in [-0.05, 0) is 37.3 Å². The fourth-order valence-electron chi connectivity index (χ4n) is 3.28. The van der Waals surface area contributed by atoms with Gasteiger partial charge in [-0.15, -0.1) is 0 Å². The minimum Gasteiger partial charge on any atom is -0.372 e. The fraction of sp³-hybridized carbons (Fsp3) is 0.667. The zero-order valence-electron chi connectivity index (χ0n) is 13.5. The zero-order valence-corrected chi connectivity index (χ0v) is 13.5. The summed E-state index contributed by atoms with van der Waals surface area (Å²) < 4.78 is 19.8. The summed E-state index contributed by atoms with van der Waals surface area (Å²) in [5.41, 5.74) is 0.878. The van der Waals surface area contributed by atoms with E-state index in [0.29, 0.717) is 18.2 Å². The minimum atomic E-state index is -0.175. The number of nitrogens with one attached hydrogen (secondary N) is 1. The minimum absolute atomic E-state index is 0.167. The van der Waals surface area contributed by atoms with Crippen molar-refractivity contribution in [3.63, 3.8) is 0 Å². The average Bonchev–Trinajstić information content (AvgIpc) is 2.45. The predicted molar refractivity (Wildman–Crippen MR) is 84.7 cm³/mol. The Morgan fingerprint density at radius 2 is 2.10 bits per heavy atom. The van der Waals surface area contributed by atoms with Gasteiger partial charge < -0.3 is 10.1 Å². The molecular formula is C18H28FNO. The first-order valence-corrected chi connectivity index (χ1v) is 8.13. The lowest BCUT2D eigenvalue weighted by atomic mass is 9.71. The molecule has 0 saturated heterocycles. The van der Waals surface area contributed by atoms with Crippen LogP contribution < -0.4 is 5.32 Å². The van der Waals surface area contributed by atoms with Gasteiger partial charge in [0.15, 0.2) is 0 Å². The van der Waals surface area contributed by atoms with Crippen molar-refractivity contribution in [3.8, 4) is 0 Å². The van der Waals surface area contributed by atoms with E-state index >= 15 is 0 Å². The highest BCUT2D eigenvalue weighted by molar-refractivity contribution is 5.16. The van der Waals surface area contributed by atoms with E-state index in [2.05, 4.69) is 26.1 Å². The summed E-state index contributed by atoms with van der Waals surface area (Å²) in [7, 11) is 0. The summed E-state index contributed by atoms with van der Waals surface area (Å²) >= 11 is 0. The Hall–Kier alpha value is -0.930. The molecule has 1 aliphatic carbocycles. The van der Waals surface area contributed by atoms with Crippen molar-refractivity contribution in [1.82, 2.24) is 5.32 Å². The van der Waals surface area contributed by atoms with Crippen LogP contribution in [0.2, 0.25) is 0 Å².